The van der Waals surface area contributed by atoms with E-state index in [2.05, 4.69) is 46.9 Å². The quantitative estimate of drug-likeness (QED) is 0.722. The van der Waals surface area contributed by atoms with Crippen LogP contribution < -0.4 is 5.32 Å². The Labute approximate surface area is 102 Å². The van der Waals surface area contributed by atoms with Crippen LogP contribution in [0.3, 0.4) is 0 Å². The minimum absolute atomic E-state index is 0.228. The Morgan fingerprint density at radius 3 is 2.12 bits per heavy atom. The van der Waals surface area contributed by atoms with Crippen molar-refractivity contribution in [2.75, 3.05) is 20.3 Å². The van der Waals surface area contributed by atoms with Crippen LogP contribution in [0.15, 0.2) is 0 Å². The molecule has 0 saturated carbocycles. The molecule has 1 N–H and O–H groups in total. The minimum atomic E-state index is 0.228. The van der Waals surface area contributed by atoms with Crippen LogP contribution in [0.1, 0.15) is 54.4 Å². The molecule has 2 heteroatoms. The first-order chi connectivity index (χ1) is 7.19. The van der Waals surface area contributed by atoms with Gasteiger partial charge in [0, 0.05) is 19.3 Å². The number of ether oxygens (including phenoxy) is 1. The molecule has 0 aliphatic carbocycles. The molecule has 0 fully saturated rings. The van der Waals surface area contributed by atoms with Gasteiger partial charge in [0.1, 0.15) is 0 Å². The summed E-state index contributed by atoms with van der Waals surface area (Å²) < 4.78 is 5.15. The molecule has 0 spiro atoms. The molecule has 98 valence electrons. The molecule has 0 rings (SSSR count). The van der Waals surface area contributed by atoms with Gasteiger partial charge in [0.05, 0.1) is 0 Å². The summed E-state index contributed by atoms with van der Waals surface area (Å²) in [6.45, 7) is 15.7. The highest BCUT2D eigenvalue weighted by molar-refractivity contribution is 4.78. The summed E-state index contributed by atoms with van der Waals surface area (Å²) in [5.74, 6) is 0.703. The van der Waals surface area contributed by atoms with Crippen molar-refractivity contribution in [1.82, 2.24) is 5.32 Å². The highest BCUT2D eigenvalue weighted by Crippen LogP contribution is 2.32. The van der Waals surface area contributed by atoms with Crippen LogP contribution in [0, 0.1) is 11.3 Å². The van der Waals surface area contributed by atoms with Gasteiger partial charge in [-0.2, -0.15) is 0 Å². The second kappa shape index (κ2) is 6.61. The van der Waals surface area contributed by atoms with Crippen molar-refractivity contribution in [1.29, 1.82) is 0 Å². The zero-order valence-corrected chi connectivity index (χ0v) is 12.3. The second-order valence-corrected chi connectivity index (χ2v) is 6.60. The van der Waals surface area contributed by atoms with E-state index in [9.17, 15) is 0 Å². The van der Waals surface area contributed by atoms with Gasteiger partial charge in [-0.15, -0.1) is 0 Å². The summed E-state index contributed by atoms with van der Waals surface area (Å²) in [7, 11) is 1.78. The molecule has 0 aliphatic rings. The first kappa shape index (κ1) is 15.9. The van der Waals surface area contributed by atoms with Crippen molar-refractivity contribution < 1.29 is 4.74 Å². The minimum Gasteiger partial charge on any atom is -0.385 e. The summed E-state index contributed by atoms with van der Waals surface area (Å²) in [5, 5.41) is 3.56. The number of rotatable bonds is 7. The average molecular weight is 229 g/mol. The highest BCUT2D eigenvalue weighted by Gasteiger charge is 2.25. The molecule has 0 bridgehead atoms. The Hall–Kier alpha value is -0.0800. The lowest BCUT2D eigenvalue weighted by Crippen LogP contribution is -2.38. The van der Waals surface area contributed by atoms with Crippen LogP contribution in [-0.2, 0) is 4.74 Å². The first-order valence-corrected chi connectivity index (χ1v) is 6.43. The Balaban J connectivity index is 3.93. The molecule has 0 aromatic rings. The van der Waals surface area contributed by atoms with Crippen molar-refractivity contribution >= 4 is 0 Å². The summed E-state index contributed by atoms with van der Waals surface area (Å²) in [6, 6.07) is 0. The third-order valence-corrected chi connectivity index (χ3v) is 3.51. The SMILES string of the molecule is COCCC(C)C(C)(C)CCNC(C)(C)C. The predicted molar refractivity (Wildman–Crippen MR) is 71.8 cm³/mol. The average Bonchev–Trinajstić information content (AvgIpc) is 2.11. The molecular weight excluding hydrogens is 198 g/mol. The monoisotopic (exact) mass is 229 g/mol. The largest absolute Gasteiger partial charge is 0.385 e. The van der Waals surface area contributed by atoms with Crippen molar-refractivity contribution in [2.45, 2.75) is 59.9 Å². The molecule has 2 nitrogen and oxygen atoms in total. The Bertz CT molecular complexity index is 182. The zero-order valence-electron chi connectivity index (χ0n) is 12.3. The zero-order chi connectivity index (χ0) is 12.8. The van der Waals surface area contributed by atoms with Crippen molar-refractivity contribution in [2.24, 2.45) is 11.3 Å². The van der Waals surface area contributed by atoms with Gasteiger partial charge in [-0.25, -0.2) is 0 Å². The van der Waals surface area contributed by atoms with Crippen molar-refractivity contribution in [3.05, 3.63) is 0 Å². The molecule has 1 atom stereocenters. The van der Waals surface area contributed by atoms with Gasteiger partial charge in [0.25, 0.3) is 0 Å². The van der Waals surface area contributed by atoms with E-state index in [0.717, 1.165) is 19.6 Å². The van der Waals surface area contributed by atoms with Gasteiger partial charge < -0.3 is 10.1 Å². The van der Waals surface area contributed by atoms with Crippen LogP contribution in [-0.4, -0.2) is 25.8 Å². The molecule has 0 heterocycles. The number of hydrogen-bond acceptors (Lipinski definition) is 2. The van der Waals surface area contributed by atoms with Crippen LogP contribution in [0.2, 0.25) is 0 Å². The van der Waals surface area contributed by atoms with Crippen molar-refractivity contribution in [3.8, 4) is 0 Å². The maximum absolute atomic E-state index is 5.15. The Morgan fingerprint density at radius 1 is 1.12 bits per heavy atom. The van der Waals surface area contributed by atoms with E-state index in [1.54, 1.807) is 7.11 Å². The number of nitrogens with one attached hydrogen (secondary N) is 1. The van der Waals surface area contributed by atoms with Crippen molar-refractivity contribution in [3.63, 3.8) is 0 Å². The fraction of sp³-hybridized carbons (Fsp3) is 1.00. The number of hydrogen-bond donors (Lipinski definition) is 1. The molecule has 0 radical (unpaired) electrons. The normalized spacial score (nSPS) is 15.2. The molecule has 0 saturated heterocycles. The highest BCUT2D eigenvalue weighted by atomic mass is 16.5. The fourth-order valence-corrected chi connectivity index (χ4v) is 1.69. The molecular formula is C14H31NO. The lowest BCUT2D eigenvalue weighted by atomic mass is 9.75. The Kier molecular flexibility index (Phi) is 6.57. The maximum Gasteiger partial charge on any atom is 0.0465 e. The lowest BCUT2D eigenvalue weighted by molar-refractivity contribution is 0.128. The van der Waals surface area contributed by atoms with Gasteiger partial charge in [-0.1, -0.05) is 20.8 Å². The molecule has 1 unspecified atom stereocenters. The summed E-state index contributed by atoms with van der Waals surface area (Å²) >= 11 is 0. The topological polar surface area (TPSA) is 21.3 Å². The van der Waals surface area contributed by atoms with E-state index < -0.39 is 0 Å². The molecule has 0 amide bonds. The summed E-state index contributed by atoms with van der Waals surface area (Å²) in [4.78, 5) is 0. The standard InChI is InChI=1S/C14H31NO/c1-12(8-11-16-7)14(5,6)9-10-15-13(2,3)4/h12,15H,8-11H2,1-7H3. The smallest absolute Gasteiger partial charge is 0.0465 e. The molecule has 16 heavy (non-hydrogen) atoms. The van der Waals surface area contributed by atoms with E-state index in [4.69, 9.17) is 4.74 Å². The fourth-order valence-electron chi connectivity index (χ4n) is 1.69. The van der Waals surface area contributed by atoms with Gasteiger partial charge in [-0.05, 0) is 51.5 Å². The second-order valence-electron chi connectivity index (χ2n) is 6.60. The van der Waals surface area contributed by atoms with E-state index in [-0.39, 0.29) is 5.54 Å². The molecule has 0 aromatic carbocycles. The van der Waals surface area contributed by atoms with E-state index in [1.807, 2.05) is 0 Å². The predicted octanol–water partition coefficient (Wildman–Crippen LogP) is 3.46. The maximum atomic E-state index is 5.15. The summed E-state index contributed by atoms with van der Waals surface area (Å²) in [6.07, 6.45) is 2.37. The Morgan fingerprint density at radius 2 is 1.69 bits per heavy atom. The van der Waals surface area contributed by atoms with Gasteiger partial charge in [0.15, 0.2) is 0 Å². The van der Waals surface area contributed by atoms with Crippen LogP contribution in [0.25, 0.3) is 0 Å². The lowest BCUT2D eigenvalue weighted by Gasteiger charge is -2.33. The summed E-state index contributed by atoms with van der Waals surface area (Å²) in [5.41, 5.74) is 0.614. The van der Waals surface area contributed by atoms with E-state index >= 15 is 0 Å². The van der Waals surface area contributed by atoms with Crippen LogP contribution in [0.4, 0.5) is 0 Å². The van der Waals surface area contributed by atoms with E-state index in [1.165, 1.54) is 6.42 Å². The van der Waals surface area contributed by atoms with Gasteiger partial charge >= 0.3 is 0 Å². The first-order valence-electron chi connectivity index (χ1n) is 6.43. The molecule has 0 aliphatic heterocycles. The van der Waals surface area contributed by atoms with E-state index in [0.29, 0.717) is 11.3 Å². The molecule has 0 aromatic heterocycles. The van der Waals surface area contributed by atoms with Crippen LogP contribution in [0.5, 0.6) is 0 Å². The number of methoxy groups -OCH3 is 1. The van der Waals surface area contributed by atoms with Crippen LogP contribution >= 0.6 is 0 Å². The van der Waals surface area contributed by atoms with Gasteiger partial charge in [0.2, 0.25) is 0 Å². The van der Waals surface area contributed by atoms with Gasteiger partial charge in [-0.3, -0.25) is 0 Å². The third-order valence-electron chi connectivity index (χ3n) is 3.51. The third kappa shape index (κ3) is 7.24.